The molecule has 1 aliphatic heterocycles. The molecular weight excluding hydrogens is 741 g/mol. The molecule has 0 radical (unpaired) electrons. The third-order valence-electron chi connectivity index (χ3n) is 10.7. The van der Waals surface area contributed by atoms with Crippen molar-refractivity contribution in [3.63, 3.8) is 0 Å². The fraction of sp³-hybridized carbons (Fsp3) is 0.429. The number of hydrogen-bond donors (Lipinski definition) is 3. The van der Waals surface area contributed by atoms with Gasteiger partial charge in [-0.2, -0.15) is 10.1 Å². The number of fused-ring (bicyclic) bond motifs is 1. The molecule has 302 valence electrons. The number of benzene rings is 2. The van der Waals surface area contributed by atoms with Crippen LogP contribution in [0.3, 0.4) is 0 Å². The van der Waals surface area contributed by atoms with Gasteiger partial charge in [0.25, 0.3) is 8.32 Å². The molecule has 0 bridgehead atoms. The predicted molar refractivity (Wildman–Crippen MR) is 223 cm³/mol. The van der Waals surface area contributed by atoms with Crippen molar-refractivity contribution in [1.29, 1.82) is 0 Å². The van der Waals surface area contributed by atoms with E-state index in [1.807, 2.05) is 18.2 Å². The number of aromatic nitrogens is 5. The Hall–Kier alpha value is -5.54. The van der Waals surface area contributed by atoms with Crippen LogP contribution in [0.25, 0.3) is 11.0 Å². The Bertz CT molecular complexity index is 2090. The Morgan fingerprint density at radius 1 is 1.00 bits per heavy atom. The molecule has 5 aromatic rings. The summed E-state index contributed by atoms with van der Waals surface area (Å²) < 4.78 is 19.7. The van der Waals surface area contributed by atoms with Gasteiger partial charge >= 0.3 is 12.2 Å². The fourth-order valence-corrected chi connectivity index (χ4v) is 12.5. The highest BCUT2D eigenvalue weighted by molar-refractivity contribution is 6.99. The first-order valence-corrected chi connectivity index (χ1v) is 21.5. The third kappa shape index (κ3) is 9.20. The first-order valence-electron chi connectivity index (χ1n) is 19.6. The number of nitrogens with zero attached hydrogens (tertiary/aromatic N) is 6. The van der Waals surface area contributed by atoms with E-state index in [-0.39, 0.29) is 29.5 Å². The lowest BCUT2D eigenvalue weighted by Gasteiger charge is -2.43. The molecule has 1 fully saturated rings. The molecule has 2 atom stereocenters. The average molecular weight is 795 g/mol. The number of pyridine rings is 1. The van der Waals surface area contributed by atoms with Gasteiger partial charge in [-0.25, -0.2) is 14.6 Å². The number of anilines is 2. The van der Waals surface area contributed by atoms with E-state index in [1.165, 1.54) is 22.4 Å². The zero-order valence-corrected chi connectivity index (χ0v) is 34.7. The molecule has 14 nitrogen and oxygen atoms in total. The summed E-state index contributed by atoms with van der Waals surface area (Å²) in [5, 5.41) is 22.9. The zero-order chi connectivity index (χ0) is 40.6. The van der Waals surface area contributed by atoms with Gasteiger partial charge in [0.1, 0.15) is 22.5 Å². The maximum atomic E-state index is 12.3. The van der Waals surface area contributed by atoms with E-state index in [4.69, 9.17) is 29.0 Å². The van der Waals surface area contributed by atoms with Gasteiger partial charge in [-0.05, 0) is 52.7 Å². The number of hydrogen-bond acceptors (Lipinski definition) is 10. The summed E-state index contributed by atoms with van der Waals surface area (Å²) in [6.07, 6.45) is 5.93. The Labute approximate surface area is 335 Å². The van der Waals surface area contributed by atoms with E-state index in [0.29, 0.717) is 54.4 Å². The van der Waals surface area contributed by atoms with E-state index in [1.54, 1.807) is 24.2 Å². The van der Waals surface area contributed by atoms with Gasteiger partial charge in [-0.1, -0.05) is 94.8 Å². The number of carboxylic acid groups (broad SMARTS) is 1. The predicted octanol–water partition coefficient (Wildman–Crippen LogP) is 6.86. The number of carbonyl (C=O) groups excluding carboxylic acids is 1. The monoisotopic (exact) mass is 794 g/mol. The Morgan fingerprint density at radius 2 is 1.70 bits per heavy atom. The molecule has 2 amide bonds. The lowest BCUT2D eigenvalue weighted by molar-refractivity contribution is 0.130. The molecule has 57 heavy (non-hydrogen) atoms. The van der Waals surface area contributed by atoms with Crippen LogP contribution < -0.4 is 25.7 Å². The number of ether oxygens (including phenoxy) is 2. The van der Waals surface area contributed by atoms with Crippen LogP contribution in [0.5, 0.6) is 5.75 Å². The Kier molecular flexibility index (Phi) is 13.1. The van der Waals surface area contributed by atoms with Crippen molar-refractivity contribution in [2.75, 3.05) is 44.5 Å². The summed E-state index contributed by atoms with van der Waals surface area (Å²) in [7, 11) is 0.129. The molecule has 1 aliphatic rings. The summed E-state index contributed by atoms with van der Waals surface area (Å²) in [6.45, 7) is 10.7. The maximum Gasteiger partial charge on any atom is 0.413 e. The van der Waals surface area contributed by atoms with Crippen LogP contribution >= 0.6 is 0 Å². The van der Waals surface area contributed by atoms with Crippen LogP contribution in [-0.4, -0.2) is 95.2 Å². The van der Waals surface area contributed by atoms with Crippen LogP contribution in [-0.2, 0) is 15.7 Å². The van der Waals surface area contributed by atoms with Crippen molar-refractivity contribution < 1.29 is 28.6 Å². The van der Waals surface area contributed by atoms with E-state index < -0.39 is 20.5 Å². The third-order valence-corrected chi connectivity index (χ3v) is 15.7. The van der Waals surface area contributed by atoms with Gasteiger partial charge in [-0.15, -0.1) is 0 Å². The number of nitrogens with one attached hydrogen (secondary N) is 2. The van der Waals surface area contributed by atoms with Crippen LogP contribution in [0.15, 0.2) is 79.1 Å². The summed E-state index contributed by atoms with van der Waals surface area (Å²) in [5.41, 5.74) is 2.73. The molecule has 3 N–H and O–H groups in total. The summed E-state index contributed by atoms with van der Waals surface area (Å²) >= 11 is 0. The molecule has 3 aromatic heterocycles. The molecule has 15 heteroatoms. The van der Waals surface area contributed by atoms with Crippen molar-refractivity contribution >= 4 is 53.7 Å². The molecule has 4 heterocycles. The topological polar surface area (TPSA) is 166 Å². The van der Waals surface area contributed by atoms with Gasteiger partial charge in [-0.3, -0.25) is 15.0 Å². The molecule has 2 aromatic carbocycles. The van der Waals surface area contributed by atoms with Gasteiger partial charge in [0, 0.05) is 37.9 Å². The highest BCUT2D eigenvalue weighted by atomic mass is 28.4. The minimum atomic E-state index is -2.76. The quantitative estimate of drug-likeness (QED) is 0.0948. The van der Waals surface area contributed by atoms with Crippen molar-refractivity contribution in [1.82, 2.24) is 29.6 Å². The highest BCUT2D eigenvalue weighted by Gasteiger charge is 2.50. The first-order chi connectivity index (χ1) is 27.5. The van der Waals surface area contributed by atoms with E-state index >= 15 is 0 Å². The lowest BCUT2D eigenvalue weighted by atomic mass is 9.91. The highest BCUT2D eigenvalue weighted by Crippen LogP contribution is 2.37. The van der Waals surface area contributed by atoms with Gasteiger partial charge in [0.2, 0.25) is 5.95 Å². The molecule has 1 saturated heterocycles. The summed E-state index contributed by atoms with van der Waals surface area (Å²) in [5.74, 6) is 1.18. The van der Waals surface area contributed by atoms with Crippen molar-refractivity contribution in [2.24, 2.45) is 0 Å². The summed E-state index contributed by atoms with van der Waals surface area (Å²) in [6, 6.07) is 23.1. The van der Waals surface area contributed by atoms with Gasteiger partial charge < -0.3 is 29.2 Å². The minimum Gasteiger partial charge on any atom is -0.495 e. The van der Waals surface area contributed by atoms with Gasteiger partial charge in [0.05, 0.1) is 27.0 Å². The molecule has 0 saturated carbocycles. The fourth-order valence-electron chi connectivity index (χ4n) is 7.94. The maximum absolute atomic E-state index is 12.3. The van der Waals surface area contributed by atoms with Crippen LogP contribution in [0.4, 0.5) is 21.4 Å². The number of rotatable bonds is 15. The number of piperidine rings is 1. The minimum absolute atomic E-state index is 0.0249. The molecule has 2 unspecified atom stereocenters. The second-order valence-electron chi connectivity index (χ2n) is 15.5. The number of methoxy groups -OCH3 is 2. The first kappa shape index (κ1) is 41.1. The molecule has 0 spiro atoms. The number of carbonyl (C=O) groups is 2. The van der Waals surface area contributed by atoms with E-state index in [0.717, 1.165) is 31.2 Å². The smallest absolute Gasteiger partial charge is 0.413 e. The number of amides is 2. The van der Waals surface area contributed by atoms with E-state index in [9.17, 15) is 14.7 Å². The van der Waals surface area contributed by atoms with Crippen molar-refractivity contribution in [3.05, 3.63) is 90.4 Å². The SMILES string of the molecule is CCCC(CCO[Si](c1ccccc1)(c1ccccc1)C(C)(C)C)Nc1nc(NC(=O)OC)nc2cnn(Cc3ncc(C4CCCN(C(=O)O)C4)cc3OC)c12. The average Bonchev–Trinajstić information content (AvgIpc) is 3.62. The molecule has 6 rings (SSSR count). The molecule has 0 aliphatic carbocycles. The Morgan fingerprint density at radius 3 is 2.32 bits per heavy atom. The number of likely N-dealkylation sites (tertiary alicyclic amines) is 1. The van der Waals surface area contributed by atoms with Crippen LogP contribution in [0.2, 0.25) is 5.04 Å². The normalized spacial score (nSPS) is 15.3. The summed E-state index contributed by atoms with van der Waals surface area (Å²) in [4.78, 5) is 39.6. The van der Waals surface area contributed by atoms with E-state index in [2.05, 4.69) is 91.8 Å². The van der Waals surface area contributed by atoms with Crippen LogP contribution in [0.1, 0.15) is 77.0 Å². The second-order valence-corrected chi connectivity index (χ2v) is 19.8. The van der Waals surface area contributed by atoms with Gasteiger partial charge in [0.15, 0.2) is 5.82 Å². The lowest BCUT2D eigenvalue weighted by Crippen LogP contribution is -2.66. The Balaban J connectivity index is 1.30. The second kappa shape index (κ2) is 18.2. The zero-order valence-electron chi connectivity index (χ0n) is 33.7. The van der Waals surface area contributed by atoms with Crippen LogP contribution in [0, 0.1) is 0 Å². The van der Waals surface area contributed by atoms with Crippen molar-refractivity contribution in [2.45, 2.75) is 83.3 Å². The largest absolute Gasteiger partial charge is 0.495 e. The molecular formula is C42H54N8O6Si. The standard InChI is InChI=1S/C42H54N8O6Si/c1-7-15-31(21-23-56-57(42(2,3)4,32-17-10-8-11-18-32)33-19-12-9-13-20-33)45-38-37-34(46-39(47-38)48-40(51)55-6)26-44-50(37)28-35-36(54-5)24-30(25-43-35)29-16-14-22-49(27-29)41(52)53/h8-13,17-20,24-26,29,31H,7,14-16,21-23,27-28H2,1-6H3,(H,52,53)(H2,45,46,47,48,51). The van der Waals surface area contributed by atoms with Crippen molar-refractivity contribution in [3.8, 4) is 5.75 Å².